The van der Waals surface area contributed by atoms with Crippen LogP contribution < -0.4 is 10.6 Å². The highest BCUT2D eigenvalue weighted by Crippen LogP contribution is 2.39. The summed E-state index contributed by atoms with van der Waals surface area (Å²) in [5.41, 5.74) is 2.11. The number of carbonyl (C=O) groups is 3. The van der Waals surface area contributed by atoms with Crippen molar-refractivity contribution in [1.82, 2.24) is 15.5 Å². The number of hydrogen-bond acceptors (Lipinski definition) is 3. The molecule has 2 aromatic carbocycles. The Kier molecular flexibility index (Phi) is 5.57. The van der Waals surface area contributed by atoms with Crippen LogP contribution in [0.15, 0.2) is 54.6 Å². The van der Waals surface area contributed by atoms with Gasteiger partial charge in [-0.25, -0.2) is 4.79 Å². The first-order chi connectivity index (χ1) is 14.5. The lowest BCUT2D eigenvalue weighted by atomic mass is 9.76. The molecular formula is C24H27N3O3. The molecule has 1 aliphatic heterocycles. The van der Waals surface area contributed by atoms with Crippen molar-refractivity contribution in [1.29, 1.82) is 0 Å². The van der Waals surface area contributed by atoms with E-state index in [4.69, 9.17) is 0 Å². The van der Waals surface area contributed by atoms with Crippen LogP contribution in [0, 0.1) is 0 Å². The molecule has 0 unspecified atom stereocenters. The average molecular weight is 405 g/mol. The highest BCUT2D eigenvalue weighted by Gasteiger charge is 2.54. The number of benzene rings is 2. The van der Waals surface area contributed by atoms with Gasteiger partial charge in [-0.15, -0.1) is 0 Å². The van der Waals surface area contributed by atoms with E-state index in [2.05, 4.69) is 22.8 Å². The minimum absolute atomic E-state index is 0.0529. The lowest BCUT2D eigenvalue weighted by Gasteiger charge is -2.33. The molecule has 1 aliphatic carbocycles. The molecule has 1 saturated heterocycles. The van der Waals surface area contributed by atoms with E-state index in [9.17, 15) is 14.4 Å². The number of nitrogens with one attached hydrogen (secondary N) is 2. The first-order valence-corrected chi connectivity index (χ1v) is 10.6. The molecular weight excluding hydrogens is 378 g/mol. The molecule has 0 aromatic heterocycles. The van der Waals surface area contributed by atoms with Gasteiger partial charge < -0.3 is 10.6 Å². The van der Waals surface area contributed by atoms with Crippen LogP contribution in [0.1, 0.15) is 42.9 Å². The van der Waals surface area contributed by atoms with E-state index >= 15 is 0 Å². The van der Waals surface area contributed by atoms with Crippen LogP contribution in [0.2, 0.25) is 0 Å². The fourth-order valence-corrected chi connectivity index (χ4v) is 4.52. The number of carbonyl (C=O) groups excluding carboxylic acids is 3. The number of imide groups is 1. The molecule has 2 aromatic rings. The third-order valence-electron chi connectivity index (χ3n) is 6.07. The molecule has 156 valence electrons. The molecule has 4 amide bonds. The van der Waals surface area contributed by atoms with Crippen molar-refractivity contribution in [2.45, 2.75) is 50.6 Å². The zero-order valence-corrected chi connectivity index (χ0v) is 17.2. The Balaban J connectivity index is 1.39. The van der Waals surface area contributed by atoms with Crippen LogP contribution in [-0.4, -0.2) is 35.3 Å². The zero-order chi connectivity index (χ0) is 21.1. The Hall–Kier alpha value is -3.15. The summed E-state index contributed by atoms with van der Waals surface area (Å²) in [6.07, 6.45) is 3.90. The minimum atomic E-state index is -1.04. The van der Waals surface area contributed by atoms with Crippen molar-refractivity contribution in [3.8, 4) is 0 Å². The summed E-state index contributed by atoms with van der Waals surface area (Å²) >= 11 is 0. The predicted molar refractivity (Wildman–Crippen MR) is 114 cm³/mol. The van der Waals surface area contributed by atoms with Gasteiger partial charge in [0.25, 0.3) is 5.91 Å². The average Bonchev–Trinajstić information content (AvgIpc) is 2.98. The van der Waals surface area contributed by atoms with E-state index in [-0.39, 0.29) is 24.4 Å². The number of amides is 4. The molecule has 2 N–H and O–H groups in total. The second-order valence-corrected chi connectivity index (χ2v) is 8.23. The van der Waals surface area contributed by atoms with Crippen molar-refractivity contribution in [2.24, 2.45) is 0 Å². The summed E-state index contributed by atoms with van der Waals surface area (Å²) in [6.45, 7) is 1.68. The van der Waals surface area contributed by atoms with Crippen molar-refractivity contribution in [3.05, 3.63) is 71.3 Å². The fraction of sp³-hybridized carbons (Fsp3) is 0.375. The van der Waals surface area contributed by atoms with Crippen LogP contribution in [0.4, 0.5) is 4.79 Å². The number of fused-ring (bicyclic) bond motifs is 2. The van der Waals surface area contributed by atoms with Crippen LogP contribution >= 0.6 is 0 Å². The molecule has 1 fully saturated rings. The van der Waals surface area contributed by atoms with E-state index in [1.54, 1.807) is 0 Å². The summed E-state index contributed by atoms with van der Waals surface area (Å²) < 4.78 is 0. The molecule has 0 saturated carbocycles. The summed E-state index contributed by atoms with van der Waals surface area (Å²) in [4.78, 5) is 39.5. The van der Waals surface area contributed by atoms with Crippen molar-refractivity contribution < 1.29 is 14.4 Å². The Bertz CT molecular complexity index is 959. The van der Waals surface area contributed by atoms with Crippen LogP contribution in [0.25, 0.3) is 0 Å². The van der Waals surface area contributed by atoms with Gasteiger partial charge in [0, 0.05) is 6.04 Å². The highest BCUT2D eigenvalue weighted by atomic mass is 16.2. The topological polar surface area (TPSA) is 78.5 Å². The summed E-state index contributed by atoms with van der Waals surface area (Å²) in [6, 6.07) is 17.3. The lowest BCUT2D eigenvalue weighted by molar-refractivity contribution is -0.135. The van der Waals surface area contributed by atoms with Crippen molar-refractivity contribution in [2.75, 3.05) is 6.54 Å². The molecule has 2 aliphatic rings. The largest absolute Gasteiger partial charge is 0.352 e. The zero-order valence-electron chi connectivity index (χ0n) is 17.2. The standard InChI is InChI=1S/C24H27N3O3/c1-17(13-14-18-8-3-2-4-9-18)25-21(28)16-27-22(29)24(26-23(27)30)15-7-11-19-10-5-6-12-20(19)24/h2-6,8-10,12,17H,7,11,13-16H2,1H3,(H,25,28)(H,26,30)/t17-,24+/m0/s1. The number of nitrogens with zero attached hydrogens (tertiary/aromatic N) is 1. The first kappa shape index (κ1) is 20.1. The SMILES string of the molecule is C[C@@H](CCc1ccccc1)NC(=O)CN1C(=O)N[C@@]2(CCCc3ccccc32)C1=O. The molecule has 0 radical (unpaired) electrons. The Morgan fingerprint density at radius 2 is 1.87 bits per heavy atom. The summed E-state index contributed by atoms with van der Waals surface area (Å²) in [5.74, 6) is -0.646. The predicted octanol–water partition coefficient (Wildman–Crippen LogP) is 2.91. The second kappa shape index (κ2) is 8.30. The second-order valence-electron chi connectivity index (χ2n) is 8.23. The normalized spacial score (nSPS) is 21.3. The smallest absolute Gasteiger partial charge is 0.325 e. The van der Waals surface area contributed by atoms with Gasteiger partial charge in [0.2, 0.25) is 5.91 Å². The quantitative estimate of drug-likeness (QED) is 0.726. The first-order valence-electron chi connectivity index (χ1n) is 10.6. The van der Waals surface area contributed by atoms with E-state index in [0.29, 0.717) is 6.42 Å². The molecule has 0 bridgehead atoms. The number of hydrogen-bond donors (Lipinski definition) is 2. The van der Waals surface area contributed by atoms with Gasteiger partial charge >= 0.3 is 6.03 Å². The fourth-order valence-electron chi connectivity index (χ4n) is 4.52. The maximum absolute atomic E-state index is 13.3. The van der Waals surface area contributed by atoms with Crippen LogP contribution in [0.3, 0.4) is 0 Å². The van der Waals surface area contributed by atoms with E-state index in [1.807, 2.05) is 49.4 Å². The van der Waals surface area contributed by atoms with Gasteiger partial charge in [-0.2, -0.15) is 0 Å². The minimum Gasteiger partial charge on any atom is -0.352 e. The summed E-state index contributed by atoms with van der Waals surface area (Å²) in [5, 5.41) is 5.80. The molecule has 6 heteroatoms. The summed E-state index contributed by atoms with van der Waals surface area (Å²) in [7, 11) is 0. The van der Waals surface area contributed by atoms with Gasteiger partial charge in [0.05, 0.1) is 0 Å². The van der Waals surface area contributed by atoms with Gasteiger partial charge in [-0.1, -0.05) is 54.6 Å². The highest BCUT2D eigenvalue weighted by molar-refractivity contribution is 6.09. The maximum Gasteiger partial charge on any atom is 0.325 e. The lowest BCUT2D eigenvalue weighted by Crippen LogP contribution is -2.47. The molecule has 2 atom stereocenters. The molecule has 4 rings (SSSR count). The third-order valence-corrected chi connectivity index (χ3v) is 6.07. The molecule has 1 heterocycles. The van der Waals surface area contributed by atoms with Gasteiger partial charge in [0.15, 0.2) is 0 Å². The van der Waals surface area contributed by atoms with Gasteiger partial charge in [-0.05, 0) is 55.7 Å². The molecule has 1 spiro atoms. The molecule has 6 nitrogen and oxygen atoms in total. The maximum atomic E-state index is 13.3. The molecule has 30 heavy (non-hydrogen) atoms. The van der Waals surface area contributed by atoms with E-state index in [0.717, 1.165) is 41.7 Å². The van der Waals surface area contributed by atoms with Crippen molar-refractivity contribution >= 4 is 17.8 Å². The third kappa shape index (κ3) is 3.82. The number of rotatable bonds is 6. The number of urea groups is 1. The van der Waals surface area contributed by atoms with E-state index in [1.165, 1.54) is 5.56 Å². The van der Waals surface area contributed by atoms with E-state index < -0.39 is 11.6 Å². The monoisotopic (exact) mass is 405 g/mol. The van der Waals surface area contributed by atoms with Crippen LogP contribution in [-0.2, 0) is 28.0 Å². The van der Waals surface area contributed by atoms with Gasteiger partial charge in [0.1, 0.15) is 12.1 Å². The van der Waals surface area contributed by atoms with Gasteiger partial charge in [-0.3, -0.25) is 14.5 Å². The Morgan fingerprint density at radius 3 is 2.67 bits per heavy atom. The number of aryl methyl sites for hydroxylation is 2. The van der Waals surface area contributed by atoms with Crippen molar-refractivity contribution in [3.63, 3.8) is 0 Å². The Morgan fingerprint density at radius 1 is 1.13 bits per heavy atom. The Labute approximate surface area is 176 Å². The van der Waals surface area contributed by atoms with Crippen LogP contribution in [0.5, 0.6) is 0 Å².